The fourth-order valence-corrected chi connectivity index (χ4v) is 2.46. The van der Waals surface area contributed by atoms with Crippen molar-refractivity contribution < 1.29 is 0 Å². The Bertz CT molecular complexity index is 288. The van der Waals surface area contributed by atoms with Gasteiger partial charge in [0.1, 0.15) is 0 Å². The molecule has 4 heteroatoms. The molecule has 0 aliphatic carbocycles. The molecule has 90 valence electrons. The van der Waals surface area contributed by atoms with E-state index < -0.39 is 0 Å². The van der Waals surface area contributed by atoms with E-state index in [-0.39, 0.29) is 0 Å². The maximum atomic E-state index is 5.57. The molecular formula is C12H22N4. The molecule has 1 aliphatic rings. The van der Waals surface area contributed by atoms with Crippen LogP contribution in [0.25, 0.3) is 0 Å². The molecule has 0 saturated carbocycles. The number of hydrogen-bond donors (Lipinski definition) is 2. The van der Waals surface area contributed by atoms with Crippen molar-refractivity contribution in [1.29, 1.82) is 0 Å². The summed E-state index contributed by atoms with van der Waals surface area (Å²) >= 11 is 0. The highest BCUT2D eigenvalue weighted by atomic mass is 15.2. The zero-order valence-electron chi connectivity index (χ0n) is 10.0. The smallest absolute Gasteiger partial charge is 0.0543 e. The van der Waals surface area contributed by atoms with Gasteiger partial charge in [-0.15, -0.1) is 0 Å². The summed E-state index contributed by atoms with van der Waals surface area (Å²) in [5, 5.41) is 0. The zero-order valence-corrected chi connectivity index (χ0v) is 10.0. The van der Waals surface area contributed by atoms with Gasteiger partial charge in [0.15, 0.2) is 0 Å². The molecule has 1 aromatic rings. The maximum absolute atomic E-state index is 5.57. The van der Waals surface area contributed by atoms with Crippen molar-refractivity contribution in [2.45, 2.75) is 18.9 Å². The highest BCUT2D eigenvalue weighted by Crippen LogP contribution is 2.21. The van der Waals surface area contributed by atoms with E-state index in [1.165, 1.54) is 31.6 Å². The van der Waals surface area contributed by atoms with E-state index in [2.05, 4.69) is 34.1 Å². The first-order valence-corrected chi connectivity index (χ1v) is 6.09. The van der Waals surface area contributed by atoms with E-state index in [9.17, 15) is 0 Å². The molecule has 0 atom stereocenters. The number of anilines is 1. The van der Waals surface area contributed by atoms with Crippen LogP contribution in [-0.4, -0.2) is 49.2 Å². The van der Waals surface area contributed by atoms with Gasteiger partial charge in [0.05, 0.1) is 5.69 Å². The molecule has 0 spiro atoms. The lowest BCUT2D eigenvalue weighted by Gasteiger charge is -2.37. The molecule has 2 rings (SSSR count). The van der Waals surface area contributed by atoms with Gasteiger partial charge in [-0.3, -0.25) is 0 Å². The van der Waals surface area contributed by atoms with Gasteiger partial charge in [-0.05, 0) is 18.9 Å². The maximum Gasteiger partial charge on any atom is 0.0543 e. The average Bonchev–Trinajstić information content (AvgIpc) is 2.83. The third-order valence-corrected chi connectivity index (χ3v) is 3.54. The number of hydrogen-bond acceptors (Lipinski definition) is 3. The number of nitrogens with one attached hydrogen (secondary N) is 1. The van der Waals surface area contributed by atoms with Crippen LogP contribution in [-0.2, 0) is 0 Å². The predicted molar refractivity (Wildman–Crippen MR) is 67.7 cm³/mol. The molecule has 0 radical (unpaired) electrons. The van der Waals surface area contributed by atoms with E-state index >= 15 is 0 Å². The Balaban J connectivity index is 1.84. The quantitative estimate of drug-likeness (QED) is 0.795. The lowest BCUT2D eigenvalue weighted by atomic mass is 10.0. The molecule has 0 bridgehead atoms. The van der Waals surface area contributed by atoms with Crippen LogP contribution in [0.5, 0.6) is 0 Å². The van der Waals surface area contributed by atoms with E-state index in [0.29, 0.717) is 6.04 Å². The fraction of sp³-hybridized carbons (Fsp3) is 0.667. The largest absolute Gasteiger partial charge is 0.370 e. The van der Waals surface area contributed by atoms with Crippen molar-refractivity contribution in [3.8, 4) is 0 Å². The molecule has 1 aromatic heterocycles. The number of nitrogens with two attached hydrogens (primary N) is 1. The number of aromatic nitrogens is 1. The fourth-order valence-electron chi connectivity index (χ4n) is 2.46. The zero-order chi connectivity index (χ0) is 11.4. The second-order valence-electron chi connectivity index (χ2n) is 4.54. The Morgan fingerprint density at radius 1 is 1.50 bits per heavy atom. The molecule has 1 aliphatic heterocycles. The average molecular weight is 222 g/mol. The summed E-state index contributed by atoms with van der Waals surface area (Å²) in [7, 11) is 2.19. The summed E-state index contributed by atoms with van der Waals surface area (Å²) in [5.74, 6) is 0. The number of H-pyrrole nitrogens is 1. The van der Waals surface area contributed by atoms with Crippen molar-refractivity contribution in [2.75, 3.05) is 38.1 Å². The normalized spacial score (nSPS) is 18.9. The molecule has 0 amide bonds. The van der Waals surface area contributed by atoms with E-state index in [1.807, 2.05) is 6.20 Å². The topological polar surface area (TPSA) is 48.3 Å². The molecule has 16 heavy (non-hydrogen) atoms. The van der Waals surface area contributed by atoms with Crippen molar-refractivity contribution >= 4 is 5.69 Å². The van der Waals surface area contributed by atoms with E-state index in [1.54, 1.807) is 0 Å². The number of nitrogens with zero attached hydrogens (tertiary/aromatic N) is 2. The molecule has 3 N–H and O–H groups in total. The van der Waals surface area contributed by atoms with Gasteiger partial charge in [-0.25, -0.2) is 0 Å². The monoisotopic (exact) mass is 222 g/mol. The predicted octanol–water partition coefficient (Wildman–Crippen LogP) is 0.874. The minimum atomic E-state index is 0.671. The van der Waals surface area contributed by atoms with Gasteiger partial charge in [0.25, 0.3) is 0 Å². The molecule has 0 aromatic carbocycles. The van der Waals surface area contributed by atoms with Crippen LogP contribution >= 0.6 is 0 Å². The first-order valence-electron chi connectivity index (χ1n) is 6.09. The Morgan fingerprint density at radius 2 is 2.25 bits per heavy atom. The third-order valence-electron chi connectivity index (χ3n) is 3.54. The summed E-state index contributed by atoms with van der Waals surface area (Å²) in [6, 6.07) is 2.80. The van der Waals surface area contributed by atoms with Gasteiger partial charge in [-0.2, -0.15) is 0 Å². The molecule has 2 heterocycles. The highest BCUT2D eigenvalue weighted by Gasteiger charge is 2.22. The minimum Gasteiger partial charge on any atom is -0.370 e. The summed E-state index contributed by atoms with van der Waals surface area (Å²) in [6.07, 6.45) is 6.52. The standard InChI is InChI=1S/C12H22N4/c1-15(12-2-6-14-10-12)11-3-7-16(8-4-11)9-5-13/h2,6,10-11,14H,3-5,7-9,13H2,1H3. The van der Waals surface area contributed by atoms with Crippen molar-refractivity contribution in [3.05, 3.63) is 18.5 Å². The number of piperidine rings is 1. The van der Waals surface area contributed by atoms with Gasteiger partial charge in [0, 0.05) is 51.7 Å². The van der Waals surface area contributed by atoms with Crippen LogP contribution < -0.4 is 10.6 Å². The molecule has 1 saturated heterocycles. The van der Waals surface area contributed by atoms with Crippen LogP contribution in [0.4, 0.5) is 5.69 Å². The van der Waals surface area contributed by atoms with Gasteiger partial charge < -0.3 is 20.5 Å². The highest BCUT2D eigenvalue weighted by molar-refractivity contribution is 5.44. The van der Waals surface area contributed by atoms with Crippen LogP contribution in [0.1, 0.15) is 12.8 Å². The Morgan fingerprint density at radius 3 is 2.81 bits per heavy atom. The molecule has 0 unspecified atom stereocenters. The molecule has 1 fully saturated rings. The second kappa shape index (κ2) is 5.37. The number of aromatic amines is 1. The summed E-state index contributed by atoms with van der Waals surface area (Å²) < 4.78 is 0. The Kier molecular flexibility index (Phi) is 3.85. The lowest BCUT2D eigenvalue weighted by Crippen LogP contribution is -2.44. The Labute approximate surface area is 97.4 Å². The first-order chi connectivity index (χ1) is 7.81. The minimum absolute atomic E-state index is 0.671. The van der Waals surface area contributed by atoms with Crippen LogP contribution in [0.2, 0.25) is 0 Å². The molecular weight excluding hydrogens is 200 g/mol. The second-order valence-corrected chi connectivity index (χ2v) is 4.54. The lowest BCUT2D eigenvalue weighted by molar-refractivity contribution is 0.216. The number of likely N-dealkylation sites (tertiary alicyclic amines) is 1. The van der Waals surface area contributed by atoms with E-state index in [4.69, 9.17) is 5.73 Å². The van der Waals surface area contributed by atoms with Crippen LogP contribution in [0.15, 0.2) is 18.5 Å². The summed E-state index contributed by atoms with van der Waals surface area (Å²) in [6.45, 7) is 4.17. The van der Waals surface area contributed by atoms with Gasteiger partial charge in [-0.1, -0.05) is 0 Å². The van der Waals surface area contributed by atoms with Crippen LogP contribution in [0.3, 0.4) is 0 Å². The van der Waals surface area contributed by atoms with Crippen molar-refractivity contribution in [2.24, 2.45) is 5.73 Å². The summed E-state index contributed by atoms with van der Waals surface area (Å²) in [5.41, 5.74) is 6.86. The third kappa shape index (κ3) is 2.57. The molecule has 4 nitrogen and oxygen atoms in total. The first kappa shape index (κ1) is 11.5. The van der Waals surface area contributed by atoms with Gasteiger partial charge >= 0.3 is 0 Å². The van der Waals surface area contributed by atoms with Crippen molar-refractivity contribution in [1.82, 2.24) is 9.88 Å². The van der Waals surface area contributed by atoms with Crippen LogP contribution in [0, 0.1) is 0 Å². The van der Waals surface area contributed by atoms with Crippen molar-refractivity contribution in [3.63, 3.8) is 0 Å². The summed E-state index contributed by atoms with van der Waals surface area (Å²) in [4.78, 5) is 7.96. The van der Waals surface area contributed by atoms with Gasteiger partial charge in [0.2, 0.25) is 0 Å². The Hall–Kier alpha value is -1.00. The number of rotatable bonds is 4. The SMILES string of the molecule is CN(c1cc[nH]c1)C1CCN(CCN)CC1. The van der Waals surface area contributed by atoms with E-state index in [0.717, 1.165) is 13.1 Å².